The second kappa shape index (κ2) is 7.87. The molecule has 4 aromatic carbocycles. The molecule has 0 unspecified atom stereocenters. The van der Waals surface area contributed by atoms with Gasteiger partial charge in [-0.2, -0.15) is 10.5 Å². The van der Waals surface area contributed by atoms with Gasteiger partial charge in [0.25, 0.3) is 0 Å². The first-order chi connectivity index (χ1) is 17.8. The molecule has 6 aromatic rings. The highest BCUT2D eigenvalue weighted by Gasteiger charge is 2.25. The molecular weight excluding hydrogens is 440 g/mol. The predicted molar refractivity (Wildman–Crippen MR) is 144 cm³/mol. The molecule has 0 aliphatic heterocycles. The minimum absolute atomic E-state index is 0.651. The van der Waals surface area contributed by atoms with E-state index in [9.17, 15) is 10.5 Å². The summed E-state index contributed by atoms with van der Waals surface area (Å²) >= 11 is 0. The van der Waals surface area contributed by atoms with Gasteiger partial charge in [-0.3, -0.25) is 0 Å². The van der Waals surface area contributed by atoms with E-state index < -0.39 is 0 Å². The first kappa shape index (κ1) is 20.6. The van der Waals surface area contributed by atoms with Gasteiger partial charge < -0.3 is 9.13 Å². The fourth-order valence-corrected chi connectivity index (χ4v) is 6.07. The second-order valence-electron chi connectivity index (χ2n) is 9.50. The van der Waals surface area contributed by atoms with Crippen LogP contribution in [0, 0.1) is 22.7 Å². The van der Waals surface area contributed by atoms with Crippen LogP contribution >= 0.6 is 0 Å². The first-order valence-corrected chi connectivity index (χ1v) is 12.4. The number of hydrogen-bond donors (Lipinski definition) is 0. The number of hydrogen-bond acceptors (Lipinski definition) is 2. The molecule has 1 aliphatic rings. The van der Waals surface area contributed by atoms with E-state index in [0.29, 0.717) is 11.1 Å². The summed E-state index contributed by atoms with van der Waals surface area (Å²) in [6.07, 6.45) is 4.39. The minimum Gasteiger partial charge on any atom is -0.313 e. The zero-order chi connectivity index (χ0) is 24.2. The molecule has 0 N–H and O–H groups in total. The lowest BCUT2D eigenvalue weighted by molar-refractivity contribution is 0.667. The Morgan fingerprint density at radius 1 is 0.611 bits per heavy atom. The Morgan fingerprint density at radius 3 is 2.06 bits per heavy atom. The van der Waals surface area contributed by atoms with Crippen molar-refractivity contribution in [1.82, 2.24) is 9.13 Å². The van der Waals surface area contributed by atoms with Crippen molar-refractivity contribution in [2.24, 2.45) is 0 Å². The molecule has 2 heterocycles. The van der Waals surface area contributed by atoms with E-state index in [1.54, 1.807) is 0 Å². The average molecular weight is 463 g/mol. The maximum atomic E-state index is 9.60. The SMILES string of the molecule is N#Cc1cccc(-n2c3c(c4c2ccc2c5ccccc5n(-c5cccc(C#N)c5)c24)CCCC3)c1. The van der Waals surface area contributed by atoms with Crippen molar-refractivity contribution >= 4 is 32.7 Å². The lowest BCUT2D eigenvalue weighted by atomic mass is 9.94. The van der Waals surface area contributed by atoms with Crippen LogP contribution in [-0.2, 0) is 12.8 Å². The molecule has 2 aromatic heterocycles. The van der Waals surface area contributed by atoms with Crippen LogP contribution in [0.15, 0.2) is 84.9 Å². The number of para-hydroxylation sites is 1. The molecule has 0 spiro atoms. The molecule has 0 atom stereocenters. The number of benzene rings is 4. The molecule has 0 fully saturated rings. The smallest absolute Gasteiger partial charge is 0.0992 e. The summed E-state index contributed by atoms with van der Waals surface area (Å²) in [6, 6.07) is 33.4. The van der Waals surface area contributed by atoms with Gasteiger partial charge in [0, 0.05) is 33.2 Å². The average Bonchev–Trinajstić information content (AvgIpc) is 3.46. The number of nitriles is 2. The summed E-state index contributed by atoms with van der Waals surface area (Å²) in [4.78, 5) is 0. The van der Waals surface area contributed by atoms with Gasteiger partial charge in [0.05, 0.1) is 39.8 Å². The van der Waals surface area contributed by atoms with Crippen LogP contribution in [0.25, 0.3) is 44.1 Å². The summed E-state index contributed by atoms with van der Waals surface area (Å²) in [6.45, 7) is 0. The van der Waals surface area contributed by atoms with Crippen molar-refractivity contribution in [1.29, 1.82) is 10.5 Å². The molecule has 7 rings (SSSR count). The van der Waals surface area contributed by atoms with E-state index in [1.165, 1.54) is 44.9 Å². The highest BCUT2D eigenvalue weighted by molar-refractivity contribution is 6.19. The topological polar surface area (TPSA) is 57.4 Å². The maximum Gasteiger partial charge on any atom is 0.0992 e. The number of fused-ring (bicyclic) bond motifs is 7. The minimum atomic E-state index is 0.651. The van der Waals surface area contributed by atoms with Crippen molar-refractivity contribution in [3.63, 3.8) is 0 Å². The summed E-state index contributed by atoms with van der Waals surface area (Å²) in [7, 11) is 0. The van der Waals surface area contributed by atoms with Crippen LogP contribution in [0.2, 0.25) is 0 Å². The van der Waals surface area contributed by atoms with Gasteiger partial charge in [-0.05, 0) is 79.8 Å². The van der Waals surface area contributed by atoms with E-state index in [1.807, 2.05) is 36.4 Å². The summed E-state index contributed by atoms with van der Waals surface area (Å²) in [5, 5.41) is 22.9. The second-order valence-corrected chi connectivity index (χ2v) is 9.50. The van der Waals surface area contributed by atoms with Gasteiger partial charge in [0.2, 0.25) is 0 Å². The standard InChI is InChI=1S/C32H22N4/c33-19-21-7-5-9-23(17-21)35-29-14-4-2-12-27(29)31-30(35)16-15-26-25-11-1-3-13-28(25)36(32(26)31)24-10-6-8-22(18-24)20-34/h1,3,5-11,13,15-18H,2,4,12,14H2. The highest BCUT2D eigenvalue weighted by atomic mass is 15.0. The van der Waals surface area contributed by atoms with Gasteiger partial charge in [-0.1, -0.05) is 36.4 Å². The quantitative estimate of drug-likeness (QED) is 0.270. The maximum absolute atomic E-state index is 9.60. The van der Waals surface area contributed by atoms with Crippen LogP contribution in [0.1, 0.15) is 35.2 Å². The summed E-state index contributed by atoms with van der Waals surface area (Å²) in [5.74, 6) is 0. The van der Waals surface area contributed by atoms with Crippen LogP contribution in [0.3, 0.4) is 0 Å². The molecule has 0 saturated carbocycles. The fraction of sp³-hybridized carbons (Fsp3) is 0.125. The largest absolute Gasteiger partial charge is 0.313 e. The third-order valence-electron chi connectivity index (χ3n) is 7.53. The molecule has 170 valence electrons. The Kier molecular flexibility index (Phi) is 4.50. The van der Waals surface area contributed by atoms with Crippen molar-refractivity contribution in [3.05, 3.63) is 107 Å². The van der Waals surface area contributed by atoms with E-state index >= 15 is 0 Å². The molecule has 36 heavy (non-hydrogen) atoms. The molecule has 1 aliphatic carbocycles. The van der Waals surface area contributed by atoms with Gasteiger partial charge in [-0.15, -0.1) is 0 Å². The van der Waals surface area contributed by atoms with E-state index in [0.717, 1.165) is 36.2 Å². The third kappa shape index (κ3) is 2.85. The van der Waals surface area contributed by atoms with Crippen molar-refractivity contribution in [2.45, 2.75) is 25.7 Å². The lowest BCUT2D eigenvalue weighted by Crippen LogP contribution is -2.07. The fourth-order valence-electron chi connectivity index (χ4n) is 6.07. The van der Waals surface area contributed by atoms with Crippen molar-refractivity contribution in [3.8, 4) is 23.5 Å². The highest BCUT2D eigenvalue weighted by Crippen LogP contribution is 2.42. The van der Waals surface area contributed by atoms with Crippen LogP contribution in [0.4, 0.5) is 0 Å². The van der Waals surface area contributed by atoms with Gasteiger partial charge >= 0.3 is 0 Å². The number of rotatable bonds is 2. The number of aromatic nitrogens is 2. The van der Waals surface area contributed by atoms with Crippen molar-refractivity contribution in [2.75, 3.05) is 0 Å². The molecule has 4 heteroatoms. The molecular formula is C32H22N4. The van der Waals surface area contributed by atoms with Crippen molar-refractivity contribution < 1.29 is 0 Å². The van der Waals surface area contributed by atoms with E-state index in [4.69, 9.17) is 0 Å². The molecule has 0 amide bonds. The van der Waals surface area contributed by atoms with E-state index in [2.05, 4.69) is 69.8 Å². The predicted octanol–water partition coefficient (Wildman–Crippen LogP) is 7.35. The summed E-state index contributed by atoms with van der Waals surface area (Å²) in [5.41, 5.74) is 9.61. The normalized spacial score (nSPS) is 13.1. The Balaban J connectivity index is 1.68. The Labute approximate surface area is 208 Å². The molecule has 0 saturated heterocycles. The van der Waals surface area contributed by atoms with Crippen LogP contribution in [0.5, 0.6) is 0 Å². The van der Waals surface area contributed by atoms with Crippen LogP contribution < -0.4 is 0 Å². The monoisotopic (exact) mass is 462 g/mol. The molecule has 4 nitrogen and oxygen atoms in total. The zero-order valence-electron chi connectivity index (χ0n) is 19.7. The van der Waals surface area contributed by atoms with Crippen LogP contribution in [-0.4, -0.2) is 9.13 Å². The summed E-state index contributed by atoms with van der Waals surface area (Å²) < 4.78 is 4.70. The Bertz CT molecular complexity index is 1920. The van der Waals surface area contributed by atoms with Gasteiger partial charge in [-0.25, -0.2) is 0 Å². The Morgan fingerprint density at radius 2 is 1.31 bits per heavy atom. The first-order valence-electron chi connectivity index (χ1n) is 12.4. The zero-order valence-corrected chi connectivity index (χ0v) is 19.7. The van der Waals surface area contributed by atoms with E-state index in [-0.39, 0.29) is 0 Å². The molecule has 0 bridgehead atoms. The number of nitrogens with zero attached hydrogens (tertiary/aromatic N) is 4. The molecule has 0 radical (unpaired) electrons. The third-order valence-corrected chi connectivity index (χ3v) is 7.53. The van der Waals surface area contributed by atoms with Gasteiger partial charge in [0.1, 0.15) is 0 Å². The van der Waals surface area contributed by atoms with Gasteiger partial charge in [0.15, 0.2) is 0 Å². The lowest BCUT2D eigenvalue weighted by Gasteiger charge is -2.16. The Hall–Kier alpha value is -4.80. The number of aryl methyl sites for hydroxylation is 1.